The number of rotatable bonds is 7. The van der Waals surface area contributed by atoms with Crippen molar-refractivity contribution in [2.45, 2.75) is 57.6 Å². The zero-order chi connectivity index (χ0) is 14.2. The van der Waals surface area contributed by atoms with Gasteiger partial charge in [0.05, 0.1) is 6.10 Å². The number of halogens is 1. The Hall–Kier alpha value is -0.570. The summed E-state index contributed by atoms with van der Waals surface area (Å²) >= 11 is 5.95. The smallest absolute Gasteiger partial charge is 0.0590 e. The van der Waals surface area contributed by atoms with E-state index in [9.17, 15) is 0 Å². The van der Waals surface area contributed by atoms with E-state index >= 15 is 0 Å². The highest BCUT2D eigenvalue weighted by atomic mass is 35.5. The van der Waals surface area contributed by atoms with Crippen LogP contribution in [0.2, 0.25) is 5.02 Å². The van der Waals surface area contributed by atoms with Crippen molar-refractivity contribution in [1.82, 2.24) is 5.32 Å². The molecule has 0 spiro atoms. The van der Waals surface area contributed by atoms with Crippen molar-refractivity contribution < 1.29 is 4.74 Å². The van der Waals surface area contributed by atoms with Gasteiger partial charge in [0.1, 0.15) is 0 Å². The van der Waals surface area contributed by atoms with Crippen molar-refractivity contribution in [3.8, 4) is 0 Å². The van der Waals surface area contributed by atoms with Crippen LogP contribution in [0.5, 0.6) is 0 Å². The Kier molecular flexibility index (Phi) is 6.85. The molecule has 1 aliphatic heterocycles. The number of hydrogen-bond acceptors (Lipinski definition) is 2. The van der Waals surface area contributed by atoms with Gasteiger partial charge >= 0.3 is 0 Å². The predicted molar refractivity (Wildman–Crippen MR) is 85.4 cm³/mol. The van der Waals surface area contributed by atoms with Crippen LogP contribution in [-0.2, 0) is 11.2 Å². The molecule has 1 N–H and O–H groups in total. The maximum absolute atomic E-state index is 5.95. The standard InChI is InChI=1S/C17H26ClNO/c1-2-10-19-16(13-17-5-3-4-11-20-17)12-14-6-8-15(18)9-7-14/h6-9,16-17,19H,2-5,10-13H2,1H3. The molecule has 2 atom stereocenters. The molecule has 0 aromatic heterocycles. The summed E-state index contributed by atoms with van der Waals surface area (Å²) in [4.78, 5) is 0. The first-order valence-electron chi connectivity index (χ1n) is 7.87. The van der Waals surface area contributed by atoms with Crippen LogP contribution in [-0.4, -0.2) is 25.3 Å². The fourth-order valence-corrected chi connectivity index (χ4v) is 2.93. The van der Waals surface area contributed by atoms with E-state index in [0.717, 1.165) is 31.0 Å². The quantitative estimate of drug-likeness (QED) is 0.813. The molecule has 0 amide bonds. The molecule has 2 nitrogen and oxygen atoms in total. The van der Waals surface area contributed by atoms with Gasteiger partial charge in [-0.3, -0.25) is 0 Å². The predicted octanol–water partition coefficient (Wildman–Crippen LogP) is 4.21. The van der Waals surface area contributed by atoms with Gasteiger partial charge in [-0.2, -0.15) is 0 Å². The molecule has 0 radical (unpaired) electrons. The largest absolute Gasteiger partial charge is 0.378 e. The molecular formula is C17H26ClNO. The minimum absolute atomic E-state index is 0.436. The molecule has 0 saturated carbocycles. The maximum Gasteiger partial charge on any atom is 0.0590 e. The number of hydrogen-bond donors (Lipinski definition) is 1. The topological polar surface area (TPSA) is 21.3 Å². The molecule has 2 unspecified atom stereocenters. The van der Waals surface area contributed by atoms with Gasteiger partial charge in [-0.15, -0.1) is 0 Å². The normalized spacial score (nSPS) is 20.8. The highest BCUT2D eigenvalue weighted by Gasteiger charge is 2.19. The van der Waals surface area contributed by atoms with E-state index in [1.54, 1.807) is 0 Å². The summed E-state index contributed by atoms with van der Waals surface area (Å²) in [6.45, 7) is 4.22. The second kappa shape index (κ2) is 8.66. The van der Waals surface area contributed by atoms with Crippen LogP contribution >= 0.6 is 11.6 Å². The van der Waals surface area contributed by atoms with E-state index in [2.05, 4.69) is 24.4 Å². The molecule has 3 heteroatoms. The SMILES string of the molecule is CCCNC(Cc1ccc(Cl)cc1)CC1CCCCO1. The van der Waals surface area contributed by atoms with Crippen molar-refractivity contribution in [2.75, 3.05) is 13.2 Å². The van der Waals surface area contributed by atoms with Crippen LogP contribution in [0.3, 0.4) is 0 Å². The Morgan fingerprint density at radius 1 is 1.30 bits per heavy atom. The second-order valence-electron chi connectivity index (χ2n) is 5.71. The van der Waals surface area contributed by atoms with Gasteiger partial charge in [0, 0.05) is 17.7 Å². The van der Waals surface area contributed by atoms with E-state index in [1.807, 2.05) is 12.1 Å². The van der Waals surface area contributed by atoms with E-state index in [1.165, 1.54) is 31.2 Å². The van der Waals surface area contributed by atoms with Crippen molar-refractivity contribution in [2.24, 2.45) is 0 Å². The first kappa shape index (κ1) is 15.8. The molecule has 20 heavy (non-hydrogen) atoms. The summed E-state index contributed by atoms with van der Waals surface area (Å²) in [6.07, 6.45) is 7.52. The molecule has 112 valence electrons. The average molecular weight is 296 g/mol. The Balaban J connectivity index is 1.89. The molecular weight excluding hydrogens is 270 g/mol. The molecule has 1 aromatic carbocycles. The molecule has 1 aromatic rings. The number of benzene rings is 1. The third-order valence-electron chi connectivity index (χ3n) is 3.90. The lowest BCUT2D eigenvalue weighted by atomic mass is 9.97. The minimum Gasteiger partial charge on any atom is -0.378 e. The number of nitrogens with one attached hydrogen (secondary N) is 1. The summed E-state index contributed by atoms with van der Waals surface area (Å²) in [7, 11) is 0. The maximum atomic E-state index is 5.95. The zero-order valence-corrected chi connectivity index (χ0v) is 13.2. The lowest BCUT2D eigenvalue weighted by Crippen LogP contribution is -2.36. The molecule has 2 rings (SSSR count). The fraction of sp³-hybridized carbons (Fsp3) is 0.647. The van der Waals surface area contributed by atoms with E-state index in [0.29, 0.717) is 12.1 Å². The molecule has 0 bridgehead atoms. The van der Waals surface area contributed by atoms with Crippen LogP contribution < -0.4 is 5.32 Å². The first-order valence-corrected chi connectivity index (χ1v) is 8.25. The number of ether oxygens (including phenoxy) is 1. The van der Waals surface area contributed by atoms with Gasteiger partial charge in [-0.1, -0.05) is 30.7 Å². The van der Waals surface area contributed by atoms with E-state index in [-0.39, 0.29) is 0 Å². The molecule has 0 aliphatic carbocycles. The van der Waals surface area contributed by atoms with Crippen molar-refractivity contribution in [1.29, 1.82) is 0 Å². The third kappa shape index (κ3) is 5.43. The van der Waals surface area contributed by atoms with Gasteiger partial charge in [0.2, 0.25) is 0 Å². The Bertz CT molecular complexity index is 373. The lowest BCUT2D eigenvalue weighted by Gasteiger charge is -2.27. The van der Waals surface area contributed by atoms with Crippen molar-refractivity contribution >= 4 is 11.6 Å². The summed E-state index contributed by atoms with van der Waals surface area (Å²) in [5, 5.41) is 4.47. The highest BCUT2D eigenvalue weighted by molar-refractivity contribution is 6.30. The minimum atomic E-state index is 0.436. The fourth-order valence-electron chi connectivity index (χ4n) is 2.80. The Morgan fingerprint density at radius 3 is 2.75 bits per heavy atom. The monoisotopic (exact) mass is 295 g/mol. The molecule has 1 saturated heterocycles. The van der Waals surface area contributed by atoms with Crippen LogP contribution in [0.1, 0.15) is 44.6 Å². The van der Waals surface area contributed by atoms with Gasteiger partial charge in [-0.25, -0.2) is 0 Å². The lowest BCUT2D eigenvalue weighted by molar-refractivity contribution is 0.00526. The Labute approximate surface area is 127 Å². The summed E-state index contributed by atoms with van der Waals surface area (Å²) in [5.41, 5.74) is 1.35. The molecule has 1 fully saturated rings. The van der Waals surface area contributed by atoms with E-state index in [4.69, 9.17) is 16.3 Å². The molecule has 1 aliphatic rings. The third-order valence-corrected chi connectivity index (χ3v) is 4.15. The van der Waals surface area contributed by atoms with Crippen LogP contribution in [0.4, 0.5) is 0 Å². The van der Waals surface area contributed by atoms with Gasteiger partial charge in [0.25, 0.3) is 0 Å². The average Bonchev–Trinajstić information content (AvgIpc) is 2.48. The van der Waals surface area contributed by atoms with Gasteiger partial charge in [0.15, 0.2) is 0 Å². The van der Waals surface area contributed by atoms with Crippen LogP contribution in [0, 0.1) is 0 Å². The van der Waals surface area contributed by atoms with Crippen molar-refractivity contribution in [3.63, 3.8) is 0 Å². The summed E-state index contributed by atoms with van der Waals surface area (Å²) in [5.74, 6) is 0. The Morgan fingerprint density at radius 2 is 2.10 bits per heavy atom. The molecule has 1 heterocycles. The van der Waals surface area contributed by atoms with Gasteiger partial charge < -0.3 is 10.1 Å². The van der Waals surface area contributed by atoms with Crippen LogP contribution in [0.25, 0.3) is 0 Å². The summed E-state index contributed by atoms with van der Waals surface area (Å²) in [6, 6.07) is 8.71. The highest BCUT2D eigenvalue weighted by Crippen LogP contribution is 2.19. The zero-order valence-electron chi connectivity index (χ0n) is 12.4. The first-order chi connectivity index (χ1) is 9.78. The second-order valence-corrected chi connectivity index (χ2v) is 6.14. The van der Waals surface area contributed by atoms with Gasteiger partial charge in [-0.05, 0) is 62.8 Å². The van der Waals surface area contributed by atoms with Crippen LogP contribution in [0.15, 0.2) is 24.3 Å². The van der Waals surface area contributed by atoms with E-state index < -0.39 is 0 Å². The summed E-state index contributed by atoms with van der Waals surface area (Å²) < 4.78 is 5.88. The van der Waals surface area contributed by atoms with Crippen molar-refractivity contribution in [3.05, 3.63) is 34.9 Å².